The first-order valence-corrected chi connectivity index (χ1v) is 7.18. The van der Waals surface area contributed by atoms with Crippen LogP contribution in [0.3, 0.4) is 0 Å². The predicted octanol–water partition coefficient (Wildman–Crippen LogP) is 3.99. The minimum Gasteiger partial charge on any atom is -0.487 e. The van der Waals surface area contributed by atoms with Crippen molar-refractivity contribution in [3.05, 3.63) is 64.2 Å². The molecule has 3 heteroatoms. The summed E-state index contributed by atoms with van der Waals surface area (Å²) in [5.41, 5.74) is 3.61. The Bertz CT molecular complexity index is 551. The normalized spacial score (nSPS) is 10.6. The van der Waals surface area contributed by atoms with Crippen molar-refractivity contribution in [2.75, 3.05) is 13.6 Å². The number of hydrogen-bond acceptors (Lipinski definition) is 2. The third kappa shape index (κ3) is 4.26. The first kappa shape index (κ1) is 14.9. The molecule has 2 rings (SSSR count). The van der Waals surface area contributed by atoms with Gasteiger partial charge in [0.1, 0.15) is 12.4 Å². The van der Waals surface area contributed by atoms with E-state index < -0.39 is 0 Å². The van der Waals surface area contributed by atoms with Crippen molar-refractivity contribution >= 4 is 11.6 Å². The van der Waals surface area contributed by atoms with E-state index in [9.17, 15) is 0 Å². The van der Waals surface area contributed by atoms with Crippen LogP contribution in [0.25, 0.3) is 0 Å². The zero-order valence-corrected chi connectivity index (χ0v) is 12.7. The van der Waals surface area contributed by atoms with E-state index in [1.54, 1.807) is 0 Å². The van der Waals surface area contributed by atoms with Crippen molar-refractivity contribution in [2.45, 2.75) is 20.0 Å². The van der Waals surface area contributed by atoms with Crippen LogP contribution in [0.1, 0.15) is 16.7 Å². The highest BCUT2D eigenvalue weighted by Crippen LogP contribution is 2.25. The fourth-order valence-electron chi connectivity index (χ4n) is 1.96. The molecule has 0 fully saturated rings. The minimum absolute atomic E-state index is 0.537. The summed E-state index contributed by atoms with van der Waals surface area (Å²) in [5.74, 6) is 0.733. The highest BCUT2D eigenvalue weighted by atomic mass is 35.5. The van der Waals surface area contributed by atoms with Crippen LogP contribution < -0.4 is 10.1 Å². The van der Waals surface area contributed by atoms with Gasteiger partial charge in [0, 0.05) is 0 Å². The summed E-state index contributed by atoms with van der Waals surface area (Å²) in [4.78, 5) is 0. The molecule has 0 saturated carbocycles. The second kappa shape index (κ2) is 7.32. The number of nitrogens with one attached hydrogen (secondary N) is 1. The summed E-state index contributed by atoms with van der Waals surface area (Å²) in [6.07, 6.45) is 1.04. The molecule has 0 radical (unpaired) electrons. The first-order valence-electron chi connectivity index (χ1n) is 6.80. The van der Waals surface area contributed by atoms with Gasteiger partial charge in [-0.2, -0.15) is 0 Å². The fourth-order valence-corrected chi connectivity index (χ4v) is 2.25. The van der Waals surface area contributed by atoms with Crippen molar-refractivity contribution in [3.63, 3.8) is 0 Å². The molecule has 0 heterocycles. The van der Waals surface area contributed by atoms with Gasteiger partial charge in [-0.05, 0) is 55.8 Å². The van der Waals surface area contributed by atoms with E-state index in [0.29, 0.717) is 11.6 Å². The number of aryl methyl sites for hydroxylation is 1. The van der Waals surface area contributed by atoms with Gasteiger partial charge in [0.05, 0.1) is 5.02 Å². The lowest BCUT2D eigenvalue weighted by Crippen LogP contribution is -2.10. The molecule has 0 aliphatic carbocycles. The molecule has 0 amide bonds. The van der Waals surface area contributed by atoms with Gasteiger partial charge in [0.2, 0.25) is 0 Å². The molecule has 0 unspecified atom stereocenters. The number of benzene rings is 2. The van der Waals surface area contributed by atoms with Crippen LogP contribution in [-0.4, -0.2) is 13.6 Å². The SMILES string of the molecule is CNCCc1ccc(COc2ccc(C)cc2Cl)cc1. The maximum atomic E-state index is 6.15. The molecular formula is C17H20ClNO. The van der Waals surface area contributed by atoms with E-state index in [2.05, 4.69) is 29.6 Å². The molecule has 0 aliphatic heterocycles. The second-order valence-corrected chi connectivity index (χ2v) is 5.30. The summed E-state index contributed by atoms with van der Waals surface area (Å²) in [6.45, 7) is 3.55. The second-order valence-electron chi connectivity index (χ2n) is 4.89. The summed E-state index contributed by atoms with van der Waals surface area (Å²) in [5, 5.41) is 3.81. The van der Waals surface area contributed by atoms with Crippen molar-refractivity contribution < 1.29 is 4.74 Å². The summed E-state index contributed by atoms with van der Waals surface area (Å²) >= 11 is 6.15. The molecule has 0 atom stereocenters. The lowest BCUT2D eigenvalue weighted by atomic mass is 10.1. The summed E-state index contributed by atoms with van der Waals surface area (Å²) < 4.78 is 5.75. The quantitative estimate of drug-likeness (QED) is 0.868. The van der Waals surface area contributed by atoms with Crippen molar-refractivity contribution in [2.24, 2.45) is 0 Å². The Balaban J connectivity index is 1.93. The third-order valence-electron chi connectivity index (χ3n) is 3.17. The number of ether oxygens (including phenoxy) is 1. The van der Waals surface area contributed by atoms with Gasteiger partial charge in [0.25, 0.3) is 0 Å². The maximum absolute atomic E-state index is 6.15. The van der Waals surface area contributed by atoms with Crippen LogP contribution in [0.2, 0.25) is 5.02 Å². The lowest BCUT2D eigenvalue weighted by molar-refractivity contribution is 0.306. The lowest BCUT2D eigenvalue weighted by Gasteiger charge is -2.09. The molecule has 0 spiro atoms. The highest BCUT2D eigenvalue weighted by Gasteiger charge is 2.02. The molecule has 20 heavy (non-hydrogen) atoms. The van der Waals surface area contributed by atoms with Gasteiger partial charge in [-0.25, -0.2) is 0 Å². The predicted molar refractivity (Wildman–Crippen MR) is 84.6 cm³/mol. The molecule has 2 aromatic carbocycles. The van der Waals surface area contributed by atoms with E-state index >= 15 is 0 Å². The van der Waals surface area contributed by atoms with Gasteiger partial charge in [0.15, 0.2) is 0 Å². The van der Waals surface area contributed by atoms with Gasteiger partial charge >= 0.3 is 0 Å². The van der Waals surface area contributed by atoms with Crippen LogP contribution in [0.15, 0.2) is 42.5 Å². The Kier molecular flexibility index (Phi) is 5.45. The number of likely N-dealkylation sites (N-methyl/N-ethyl adjacent to an activating group) is 1. The topological polar surface area (TPSA) is 21.3 Å². The third-order valence-corrected chi connectivity index (χ3v) is 3.46. The van der Waals surface area contributed by atoms with E-state index in [0.717, 1.165) is 29.8 Å². The Hall–Kier alpha value is -1.51. The van der Waals surface area contributed by atoms with E-state index in [4.69, 9.17) is 16.3 Å². The highest BCUT2D eigenvalue weighted by molar-refractivity contribution is 6.32. The molecule has 1 N–H and O–H groups in total. The molecule has 0 bridgehead atoms. The molecule has 0 saturated heterocycles. The first-order chi connectivity index (χ1) is 9.69. The Morgan fingerprint density at radius 3 is 2.40 bits per heavy atom. The zero-order valence-electron chi connectivity index (χ0n) is 11.9. The largest absolute Gasteiger partial charge is 0.487 e. The molecule has 0 aromatic heterocycles. The van der Waals surface area contributed by atoms with Gasteiger partial charge in [-0.3, -0.25) is 0 Å². The van der Waals surface area contributed by atoms with Gasteiger partial charge < -0.3 is 10.1 Å². The maximum Gasteiger partial charge on any atom is 0.138 e. The van der Waals surface area contributed by atoms with Crippen molar-refractivity contribution in [3.8, 4) is 5.75 Å². The standard InChI is InChI=1S/C17H20ClNO/c1-13-3-8-17(16(18)11-13)20-12-15-6-4-14(5-7-15)9-10-19-2/h3-8,11,19H,9-10,12H2,1-2H3. The van der Waals surface area contributed by atoms with Crippen molar-refractivity contribution in [1.82, 2.24) is 5.32 Å². The van der Waals surface area contributed by atoms with E-state index in [-0.39, 0.29) is 0 Å². The van der Waals surface area contributed by atoms with Crippen LogP contribution in [-0.2, 0) is 13.0 Å². The molecule has 0 aliphatic rings. The molecule has 2 nitrogen and oxygen atoms in total. The van der Waals surface area contributed by atoms with Crippen LogP contribution in [0, 0.1) is 6.92 Å². The van der Waals surface area contributed by atoms with Crippen LogP contribution >= 0.6 is 11.6 Å². The van der Waals surface area contributed by atoms with Crippen LogP contribution in [0.5, 0.6) is 5.75 Å². The van der Waals surface area contributed by atoms with Crippen molar-refractivity contribution in [1.29, 1.82) is 0 Å². The smallest absolute Gasteiger partial charge is 0.138 e. The summed E-state index contributed by atoms with van der Waals surface area (Å²) in [6, 6.07) is 14.3. The summed E-state index contributed by atoms with van der Waals surface area (Å²) in [7, 11) is 1.97. The molecular weight excluding hydrogens is 270 g/mol. The number of hydrogen-bond donors (Lipinski definition) is 1. The number of halogens is 1. The molecule has 106 valence electrons. The monoisotopic (exact) mass is 289 g/mol. The number of rotatable bonds is 6. The zero-order chi connectivity index (χ0) is 14.4. The van der Waals surface area contributed by atoms with Gasteiger partial charge in [-0.15, -0.1) is 0 Å². The minimum atomic E-state index is 0.537. The van der Waals surface area contributed by atoms with Gasteiger partial charge in [-0.1, -0.05) is 41.9 Å². The van der Waals surface area contributed by atoms with E-state index in [1.165, 1.54) is 5.56 Å². The average molecular weight is 290 g/mol. The van der Waals surface area contributed by atoms with E-state index in [1.807, 2.05) is 32.2 Å². The fraction of sp³-hybridized carbons (Fsp3) is 0.294. The average Bonchev–Trinajstić information content (AvgIpc) is 2.45. The molecule has 2 aromatic rings. The Morgan fingerprint density at radius 1 is 1.05 bits per heavy atom. The van der Waals surface area contributed by atoms with Crippen LogP contribution in [0.4, 0.5) is 0 Å². The Morgan fingerprint density at radius 2 is 1.75 bits per heavy atom. The Labute approximate surface area is 125 Å².